The van der Waals surface area contributed by atoms with Crippen molar-refractivity contribution >= 4 is 6.09 Å². The van der Waals surface area contributed by atoms with E-state index in [1.807, 2.05) is 0 Å². The third-order valence-corrected chi connectivity index (χ3v) is 4.77. The fraction of sp³-hybridized carbons (Fsp3) is 0.333. The molecule has 11 heteroatoms. The van der Waals surface area contributed by atoms with Gasteiger partial charge in [0.25, 0.3) is 0 Å². The Balaban J connectivity index is 1.39. The number of piperidine rings is 1. The number of likely N-dealkylation sites (tertiary alicyclic amines) is 1. The quantitative estimate of drug-likeness (QED) is 0.692. The number of halogens is 1. The van der Waals surface area contributed by atoms with E-state index in [4.69, 9.17) is 9.84 Å². The van der Waals surface area contributed by atoms with Crippen molar-refractivity contribution in [1.29, 1.82) is 0 Å². The zero-order chi connectivity index (χ0) is 20.2. The molecule has 0 bridgehead atoms. The Kier molecular flexibility index (Phi) is 5.27. The Morgan fingerprint density at radius 1 is 1.28 bits per heavy atom. The summed E-state index contributed by atoms with van der Waals surface area (Å²) in [6.07, 6.45) is 3.45. The number of tetrazole rings is 1. The van der Waals surface area contributed by atoms with Crippen molar-refractivity contribution in [3.05, 3.63) is 54.1 Å². The Hall–Kier alpha value is -3.63. The molecule has 0 aliphatic carbocycles. The maximum absolute atomic E-state index is 14.3. The van der Waals surface area contributed by atoms with Gasteiger partial charge >= 0.3 is 6.09 Å². The number of nitrogens with zero attached hydrogens (tertiary/aromatic N) is 7. The van der Waals surface area contributed by atoms with Crippen LogP contribution in [0.25, 0.3) is 5.69 Å². The van der Waals surface area contributed by atoms with Crippen LogP contribution in [0, 0.1) is 5.82 Å². The van der Waals surface area contributed by atoms with E-state index < -0.39 is 11.9 Å². The summed E-state index contributed by atoms with van der Waals surface area (Å²) in [6.45, 7) is 1.01. The van der Waals surface area contributed by atoms with Crippen LogP contribution in [0.2, 0.25) is 0 Å². The third-order valence-electron chi connectivity index (χ3n) is 4.77. The molecule has 2 aromatic heterocycles. The molecule has 0 radical (unpaired) electrons. The third kappa shape index (κ3) is 4.28. The molecule has 1 aromatic carbocycles. The Morgan fingerprint density at radius 2 is 2.10 bits per heavy atom. The van der Waals surface area contributed by atoms with Gasteiger partial charge in [-0.25, -0.2) is 23.8 Å². The summed E-state index contributed by atoms with van der Waals surface area (Å²) in [5.74, 6) is 0.313. The van der Waals surface area contributed by atoms with Crippen LogP contribution in [0.3, 0.4) is 0 Å². The lowest BCUT2D eigenvalue weighted by Gasteiger charge is -2.29. The average Bonchev–Trinajstić information content (AvgIpc) is 3.28. The molecule has 0 spiro atoms. The first-order chi connectivity index (χ1) is 14.1. The lowest BCUT2D eigenvalue weighted by molar-refractivity contribution is 0.131. The maximum atomic E-state index is 14.3. The topological polar surface area (TPSA) is 119 Å². The number of aromatic nitrogens is 6. The molecule has 1 aliphatic heterocycles. The number of carbonyl (C=O) groups is 1. The molecule has 3 heterocycles. The minimum Gasteiger partial charge on any atom is -0.484 e. The Bertz CT molecular complexity index is 991. The number of rotatable bonds is 5. The number of amides is 1. The molecular weight excluding hydrogens is 381 g/mol. The van der Waals surface area contributed by atoms with E-state index in [1.54, 1.807) is 18.3 Å². The fourth-order valence-corrected chi connectivity index (χ4v) is 3.20. The van der Waals surface area contributed by atoms with Gasteiger partial charge in [-0.05, 0) is 41.5 Å². The first kappa shape index (κ1) is 18.7. The van der Waals surface area contributed by atoms with Crippen LogP contribution >= 0.6 is 0 Å². The second-order valence-corrected chi connectivity index (χ2v) is 6.61. The van der Waals surface area contributed by atoms with E-state index >= 15 is 0 Å². The van der Waals surface area contributed by atoms with Gasteiger partial charge in [-0.2, -0.15) is 0 Å². The van der Waals surface area contributed by atoms with Gasteiger partial charge in [0, 0.05) is 31.3 Å². The first-order valence-electron chi connectivity index (χ1n) is 9.05. The standard InChI is InChI=1S/C18H18FN7O3/c19-15-9-14(26-11-21-23-24-26)1-2-16(15)29-10-13-3-6-20-17(22-13)12-4-7-25(8-5-12)18(27)28/h1-3,6,9,11-12H,4-5,7-8,10H2,(H,27,28). The minimum absolute atomic E-state index is 0.0879. The molecule has 1 saturated heterocycles. The second kappa shape index (κ2) is 8.17. The molecule has 1 amide bonds. The van der Waals surface area contributed by atoms with Crippen LogP contribution in [0.1, 0.15) is 30.3 Å². The van der Waals surface area contributed by atoms with E-state index in [-0.39, 0.29) is 18.3 Å². The molecule has 0 atom stereocenters. The summed E-state index contributed by atoms with van der Waals surface area (Å²) < 4.78 is 21.2. The highest BCUT2D eigenvalue weighted by molar-refractivity contribution is 5.65. The molecule has 10 nitrogen and oxygen atoms in total. The van der Waals surface area contributed by atoms with Crippen LogP contribution in [0.15, 0.2) is 36.8 Å². The predicted molar refractivity (Wildman–Crippen MR) is 97.0 cm³/mol. The van der Waals surface area contributed by atoms with Gasteiger partial charge in [0.1, 0.15) is 18.8 Å². The van der Waals surface area contributed by atoms with E-state index in [9.17, 15) is 9.18 Å². The van der Waals surface area contributed by atoms with Crippen LogP contribution in [-0.4, -0.2) is 59.4 Å². The van der Waals surface area contributed by atoms with Crippen molar-refractivity contribution in [1.82, 2.24) is 35.1 Å². The lowest BCUT2D eigenvalue weighted by atomic mass is 9.96. The van der Waals surface area contributed by atoms with Gasteiger partial charge in [0.15, 0.2) is 11.6 Å². The van der Waals surface area contributed by atoms with Gasteiger partial charge in [-0.1, -0.05) is 0 Å². The van der Waals surface area contributed by atoms with Crippen molar-refractivity contribution in [2.45, 2.75) is 25.4 Å². The molecule has 1 aliphatic rings. The van der Waals surface area contributed by atoms with Crippen molar-refractivity contribution in [2.24, 2.45) is 0 Å². The maximum Gasteiger partial charge on any atom is 0.407 e. The molecule has 1 fully saturated rings. The Morgan fingerprint density at radius 3 is 2.79 bits per heavy atom. The summed E-state index contributed by atoms with van der Waals surface area (Å²) in [7, 11) is 0. The van der Waals surface area contributed by atoms with E-state index in [0.29, 0.717) is 43.1 Å². The van der Waals surface area contributed by atoms with Gasteiger partial charge in [-0.15, -0.1) is 5.10 Å². The van der Waals surface area contributed by atoms with Gasteiger partial charge in [0.05, 0.1) is 11.4 Å². The van der Waals surface area contributed by atoms with E-state index in [0.717, 1.165) is 0 Å². The van der Waals surface area contributed by atoms with Crippen LogP contribution < -0.4 is 4.74 Å². The van der Waals surface area contributed by atoms with Crippen molar-refractivity contribution < 1.29 is 19.0 Å². The van der Waals surface area contributed by atoms with Crippen LogP contribution in [-0.2, 0) is 6.61 Å². The monoisotopic (exact) mass is 399 g/mol. The van der Waals surface area contributed by atoms with Gasteiger partial charge in [0.2, 0.25) is 0 Å². The van der Waals surface area contributed by atoms with E-state index in [1.165, 1.54) is 28.0 Å². The SMILES string of the molecule is O=C(O)N1CCC(c2nccc(COc3ccc(-n4cnnn4)cc3F)n2)CC1. The molecule has 4 rings (SSSR count). The second-order valence-electron chi connectivity index (χ2n) is 6.61. The summed E-state index contributed by atoms with van der Waals surface area (Å²) in [6, 6.07) is 6.16. The smallest absolute Gasteiger partial charge is 0.407 e. The summed E-state index contributed by atoms with van der Waals surface area (Å²) >= 11 is 0. The zero-order valence-corrected chi connectivity index (χ0v) is 15.3. The average molecular weight is 399 g/mol. The zero-order valence-electron chi connectivity index (χ0n) is 15.3. The predicted octanol–water partition coefficient (Wildman–Crippen LogP) is 2.03. The van der Waals surface area contributed by atoms with Gasteiger partial charge < -0.3 is 14.7 Å². The number of ether oxygens (including phenoxy) is 1. The summed E-state index contributed by atoms with van der Waals surface area (Å²) in [5.41, 5.74) is 1.11. The first-order valence-corrected chi connectivity index (χ1v) is 9.05. The number of benzene rings is 1. The summed E-state index contributed by atoms with van der Waals surface area (Å²) in [4.78, 5) is 21.2. The molecule has 150 valence electrons. The van der Waals surface area contributed by atoms with Gasteiger partial charge in [-0.3, -0.25) is 0 Å². The van der Waals surface area contributed by atoms with Crippen molar-refractivity contribution in [3.63, 3.8) is 0 Å². The van der Waals surface area contributed by atoms with Crippen LogP contribution in [0.4, 0.5) is 9.18 Å². The molecular formula is C18H18FN7O3. The number of hydrogen-bond acceptors (Lipinski definition) is 7. The molecule has 3 aromatic rings. The van der Waals surface area contributed by atoms with E-state index in [2.05, 4.69) is 25.5 Å². The fourth-order valence-electron chi connectivity index (χ4n) is 3.20. The summed E-state index contributed by atoms with van der Waals surface area (Å²) in [5, 5.41) is 19.8. The lowest BCUT2D eigenvalue weighted by Crippen LogP contribution is -2.37. The number of hydrogen-bond donors (Lipinski definition) is 1. The largest absolute Gasteiger partial charge is 0.484 e. The highest BCUT2D eigenvalue weighted by Gasteiger charge is 2.25. The molecule has 29 heavy (non-hydrogen) atoms. The van der Waals surface area contributed by atoms with Crippen molar-refractivity contribution in [3.8, 4) is 11.4 Å². The number of carboxylic acid groups (broad SMARTS) is 1. The van der Waals surface area contributed by atoms with Crippen LogP contribution in [0.5, 0.6) is 5.75 Å². The molecule has 0 saturated carbocycles. The normalized spacial score (nSPS) is 14.7. The highest BCUT2D eigenvalue weighted by atomic mass is 19.1. The highest BCUT2D eigenvalue weighted by Crippen LogP contribution is 2.26. The minimum atomic E-state index is -0.903. The van der Waals surface area contributed by atoms with Crippen molar-refractivity contribution in [2.75, 3.05) is 13.1 Å². The molecule has 1 N–H and O–H groups in total. The molecule has 0 unspecified atom stereocenters. The Labute approximate surface area is 165 Å².